The summed E-state index contributed by atoms with van der Waals surface area (Å²) in [5.41, 5.74) is 3.95. The van der Waals surface area contributed by atoms with Gasteiger partial charge in [0.05, 0.1) is 6.54 Å². The van der Waals surface area contributed by atoms with Crippen LogP contribution in [0.5, 0.6) is 5.75 Å². The minimum atomic E-state index is -0.650. The minimum Gasteiger partial charge on any atom is -0.425 e. The Balaban J connectivity index is 0.00000387. The molecule has 2 aromatic rings. The van der Waals surface area contributed by atoms with E-state index < -0.39 is 11.9 Å². The molecule has 3 amide bonds. The fourth-order valence-corrected chi connectivity index (χ4v) is 5.45. The Morgan fingerprint density at radius 3 is 2.54 bits per heavy atom. The van der Waals surface area contributed by atoms with E-state index in [9.17, 15) is 24.0 Å². The molecule has 2 aromatic carbocycles. The number of nitrogens with zero attached hydrogens (tertiary/aromatic N) is 2. The number of carbonyl (C=O) groups is 5. The maximum absolute atomic E-state index is 12.9. The van der Waals surface area contributed by atoms with Crippen molar-refractivity contribution in [1.29, 1.82) is 0 Å². The molecule has 1 atom stereocenters. The van der Waals surface area contributed by atoms with Crippen molar-refractivity contribution in [3.63, 3.8) is 0 Å². The van der Waals surface area contributed by atoms with Crippen molar-refractivity contribution >= 4 is 41.9 Å². The zero-order valence-corrected chi connectivity index (χ0v) is 23.9. The summed E-state index contributed by atoms with van der Waals surface area (Å²) in [6.45, 7) is 5.74. The standard InChI is InChI=1S/C30H34N4O6.ClH/c1-19-2-3-21(16-26(19)40-28(37)18-33-12-10-31-11-13-33)15-23(35)6-4-20-5-7-24-22(14-20)17-34(30(24)39)25-8-9-27(36)32-29(25)38;/h2-3,5,7,14,16,25,31H,4,6,8-13,15,17-18H2,1H3,(H,32,36,38);1H. The van der Waals surface area contributed by atoms with Gasteiger partial charge in [0.15, 0.2) is 0 Å². The largest absolute Gasteiger partial charge is 0.425 e. The maximum Gasteiger partial charge on any atom is 0.325 e. The van der Waals surface area contributed by atoms with Gasteiger partial charge in [-0.2, -0.15) is 0 Å². The number of hydrogen-bond acceptors (Lipinski definition) is 8. The van der Waals surface area contributed by atoms with Crippen molar-refractivity contribution in [3.05, 3.63) is 64.2 Å². The number of carbonyl (C=O) groups excluding carboxylic acids is 5. The van der Waals surface area contributed by atoms with Gasteiger partial charge in [-0.1, -0.05) is 24.3 Å². The molecule has 2 N–H and O–H groups in total. The second-order valence-corrected chi connectivity index (χ2v) is 10.7. The Morgan fingerprint density at radius 2 is 1.78 bits per heavy atom. The van der Waals surface area contributed by atoms with Crippen LogP contribution in [0.1, 0.15) is 51.9 Å². The third-order valence-electron chi connectivity index (χ3n) is 7.72. The highest BCUT2D eigenvalue weighted by atomic mass is 35.5. The van der Waals surface area contributed by atoms with E-state index >= 15 is 0 Å². The molecule has 218 valence electrons. The third kappa shape index (κ3) is 7.38. The molecule has 3 heterocycles. The Kier molecular flexibility index (Phi) is 9.90. The van der Waals surface area contributed by atoms with E-state index in [0.29, 0.717) is 37.1 Å². The first-order valence-electron chi connectivity index (χ1n) is 13.8. The predicted octanol–water partition coefficient (Wildman–Crippen LogP) is 1.73. The number of fused-ring (bicyclic) bond motifs is 1. The number of ketones is 1. The monoisotopic (exact) mass is 582 g/mol. The molecule has 1 unspecified atom stereocenters. The lowest BCUT2D eigenvalue weighted by molar-refractivity contribution is -0.137. The lowest BCUT2D eigenvalue weighted by Gasteiger charge is -2.29. The van der Waals surface area contributed by atoms with Crippen molar-refractivity contribution in [1.82, 2.24) is 20.4 Å². The molecule has 5 rings (SSSR count). The predicted molar refractivity (Wildman–Crippen MR) is 153 cm³/mol. The second-order valence-electron chi connectivity index (χ2n) is 10.7. The van der Waals surface area contributed by atoms with E-state index in [1.54, 1.807) is 12.1 Å². The first-order chi connectivity index (χ1) is 19.3. The molecule has 0 radical (unpaired) electrons. The number of ether oxygens (including phenoxy) is 1. The second kappa shape index (κ2) is 13.4. The van der Waals surface area contributed by atoms with E-state index in [2.05, 4.69) is 15.5 Å². The fourth-order valence-electron chi connectivity index (χ4n) is 5.45. The average Bonchev–Trinajstić information content (AvgIpc) is 3.25. The molecule has 2 saturated heterocycles. The first-order valence-corrected chi connectivity index (χ1v) is 13.8. The SMILES string of the molecule is Cc1ccc(CC(=O)CCc2ccc3c(c2)CN(C2CCC(=O)NC2=O)C3=O)cc1OC(=O)CN1CCNCC1.Cl. The number of Topliss-reactive ketones (excluding diaryl/α,β-unsaturated/α-hetero) is 1. The van der Waals surface area contributed by atoms with E-state index in [1.807, 2.05) is 31.2 Å². The van der Waals surface area contributed by atoms with Crippen LogP contribution in [-0.2, 0) is 38.6 Å². The smallest absolute Gasteiger partial charge is 0.325 e. The molecule has 0 aromatic heterocycles. The van der Waals surface area contributed by atoms with Crippen LogP contribution in [-0.4, -0.2) is 78.0 Å². The van der Waals surface area contributed by atoms with Gasteiger partial charge >= 0.3 is 5.97 Å². The van der Waals surface area contributed by atoms with Crippen molar-refractivity contribution in [2.45, 2.75) is 51.6 Å². The molecule has 41 heavy (non-hydrogen) atoms. The van der Waals surface area contributed by atoms with Gasteiger partial charge < -0.3 is 15.0 Å². The zero-order valence-electron chi connectivity index (χ0n) is 23.1. The summed E-state index contributed by atoms with van der Waals surface area (Å²) >= 11 is 0. The normalized spacial score (nSPS) is 18.9. The molecule has 10 nitrogen and oxygen atoms in total. The molecule has 0 bridgehead atoms. The highest BCUT2D eigenvalue weighted by molar-refractivity contribution is 6.05. The lowest BCUT2D eigenvalue weighted by Crippen LogP contribution is -2.52. The zero-order chi connectivity index (χ0) is 28.2. The lowest BCUT2D eigenvalue weighted by atomic mass is 9.99. The molecule has 2 fully saturated rings. The number of piperazine rings is 1. The number of imide groups is 1. The van der Waals surface area contributed by atoms with Gasteiger partial charge in [0.1, 0.15) is 17.6 Å². The third-order valence-corrected chi connectivity index (χ3v) is 7.72. The number of amides is 3. The Labute approximate surface area is 245 Å². The summed E-state index contributed by atoms with van der Waals surface area (Å²) in [5, 5.41) is 5.57. The molecular weight excluding hydrogens is 548 g/mol. The summed E-state index contributed by atoms with van der Waals surface area (Å²) in [6.07, 6.45) is 1.62. The van der Waals surface area contributed by atoms with Crippen molar-refractivity contribution in [3.8, 4) is 5.75 Å². The van der Waals surface area contributed by atoms with E-state index in [1.165, 1.54) is 4.90 Å². The number of aryl methyl sites for hydroxylation is 2. The van der Waals surface area contributed by atoms with Crippen LogP contribution < -0.4 is 15.4 Å². The summed E-state index contributed by atoms with van der Waals surface area (Å²) in [7, 11) is 0. The van der Waals surface area contributed by atoms with Gasteiger partial charge in [0, 0.05) is 57.5 Å². The number of nitrogens with one attached hydrogen (secondary N) is 2. The molecule has 11 heteroatoms. The Morgan fingerprint density at radius 1 is 1.02 bits per heavy atom. The van der Waals surface area contributed by atoms with E-state index in [0.717, 1.165) is 48.4 Å². The van der Waals surface area contributed by atoms with Crippen LogP contribution in [0.4, 0.5) is 0 Å². The van der Waals surface area contributed by atoms with Crippen LogP contribution in [0.15, 0.2) is 36.4 Å². The van der Waals surface area contributed by atoms with Gasteiger partial charge in [0.2, 0.25) is 11.8 Å². The van der Waals surface area contributed by atoms with Gasteiger partial charge in [0.25, 0.3) is 5.91 Å². The summed E-state index contributed by atoms with van der Waals surface area (Å²) < 4.78 is 5.63. The number of benzene rings is 2. The topological polar surface area (TPSA) is 125 Å². The number of rotatable bonds is 9. The molecule has 0 aliphatic carbocycles. The highest BCUT2D eigenvalue weighted by Gasteiger charge is 2.39. The first kappa shape index (κ1) is 30.4. The number of halogens is 1. The Hall–Kier alpha value is -3.60. The quantitative estimate of drug-likeness (QED) is 0.260. The van der Waals surface area contributed by atoms with Crippen LogP contribution in [0.3, 0.4) is 0 Å². The van der Waals surface area contributed by atoms with Gasteiger partial charge in [-0.15, -0.1) is 12.4 Å². The maximum atomic E-state index is 12.9. The molecular formula is C30H35ClN4O6. The van der Waals surface area contributed by atoms with Crippen LogP contribution in [0, 0.1) is 6.92 Å². The summed E-state index contributed by atoms with van der Waals surface area (Å²) in [4.78, 5) is 65.5. The van der Waals surface area contributed by atoms with Crippen LogP contribution in [0.25, 0.3) is 0 Å². The van der Waals surface area contributed by atoms with Crippen molar-refractivity contribution in [2.24, 2.45) is 0 Å². The van der Waals surface area contributed by atoms with Crippen molar-refractivity contribution < 1.29 is 28.7 Å². The summed E-state index contributed by atoms with van der Waals surface area (Å²) in [5.74, 6) is -0.725. The van der Waals surface area contributed by atoms with Gasteiger partial charge in [-0.05, 0) is 54.2 Å². The van der Waals surface area contributed by atoms with E-state index in [-0.39, 0.29) is 55.4 Å². The number of hydrogen-bond donors (Lipinski definition) is 2. The van der Waals surface area contributed by atoms with Crippen LogP contribution >= 0.6 is 12.4 Å². The molecule has 3 aliphatic rings. The summed E-state index contributed by atoms with van der Waals surface area (Å²) in [6, 6.07) is 10.4. The number of esters is 1. The van der Waals surface area contributed by atoms with Gasteiger partial charge in [-0.25, -0.2) is 0 Å². The molecule has 0 saturated carbocycles. The fraction of sp³-hybridized carbons (Fsp3) is 0.433. The van der Waals surface area contributed by atoms with Gasteiger partial charge in [-0.3, -0.25) is 34.2 Å². The number of piperidine rings is 1. The van der Waals surface area contributed by atoms with Crippen LogP contribution in [0.2, 0.25) is 0 Å². The molecule has 3 aliphatic heterocycles. The average molecular weight is 583 g/mol. The Bertz CT molecular complexity index is 1360. The highest BCUT2D eigenvalue weighted by Crippen LogP contribution is 2.28. The van der Waals surface area contributed by atoms with Crippen molar-refractivity contribution in [2.75, 3.05) is 32.7 Å². The molecule has 0 spiro atoms. The van der Waals surface area contributed by atoms with E-state index in [4.69, 9.17) is 4.74 Å². The minimum absolute atomic E-state index is 0.